The Balaban J connectivity index is 1.93. The number of hydrogen-bond donors (Lipinski definition) is 1. The smallest absolute Gasteiger partial charge is 0.344 e. The number of ether oxygens (including phenoxy) is 2. The summed E-state index contributed by atoms with van der Waals surface area (Å²) in [5.74, 6) is -0.241. The second kappa shape index (κ2) is 9.58. The second-order valence-electron chi connectivity index (χ2n) is 4.85. The van der Waals surface area contributed by atoms with Crippen molar-refractivity contribution in [3.8, 4) is 5.75 Å². The molecule has 2 aromatic carbocycles. The quantitative estimate of drug-likeness (QED) is 0.436. The zero-order valence-electron chi connectivity index (χ0n) is 13.6. The van der Waals surface area contributed by atoms with Gasteiger partial charge in [-0.1, -0.05) is 24.3 Å². The number of amides is 1. The summed E-state index contributed by atoms with van der Waals surface area (Å²) >= 11 is 3.32. The zero-order valence-corrected chi connectivity index (χ0v) is 15.2. The van der Waals surface area contributed by atoms with E-state index in [9.17, 15) is 9.59 Å². The Morgan fingerprint density at radius 1 is 1.20 bits per heavy atom. The van der Waals surface area contributed by atoms with Crippen LogP contribution in [-0.2, 0) is 9.53 Å². The molecule has 0 aliphatic carbocycles. The lowest BCUT2D eigenvalue weighted by molar-refractivity contribution is -0.145. The first-order valence-corrected chi connectivity index (χ1v) is 8.36. The van der Waals surface area contributed by atoms with Gasteiger partial charge in [0.1, 0.15) is 5.75 Å². The van der Waals surface area contributed by atoms with Gasteiger partial charge in [0.25, 0.3) is 5.91 Å². The third-order valence-electron chi connectivity index (χ3n) is 3.02. The van der Waals surface area contributed by atoms with E-state index in [1.165, 1.54) is 6.21 Å². The number of esters is 1. The molecule has 0 fully saturated rings. The molecule has 1 N–H and O–H groups in total. The molecule has 0 heterocycles. The lowest BCUT2D eigenvalue weighted by Gasteiger charge is -2.06. The summed E-state index contributed by atoms with van der Waals surface area (Å²) in [6.07, 6.45) is 1.49. The minimum absolute atomic E-state index is 0.160. The van der Waals surface area contributed by atoms with Crippen molar-refractivity contribution in [2.45, 2.75) is 6.92 Å². The molecule has 0 bridgehead atoms. The SMILES string of the molecule is CCOC(=O)COc1cccc(/C=N/NC(=O)c2ccccc2Br)c1. The molecule has 2 aromatic rings. The number of nitrogens with zero attached hydrogens (tertiary/aromatic N) is 1. The Kier molecular flexibility index (Phi) is 7.16. The molecule has 0 saturated carbocycles. The van der Waals surface area contributed by atoms with E-state index < -0.39 is 5.97 Å². The number of carbonyl (C=O) groups is 2. The number of rotatable bonds is 7. The Morgan fingerprint density at radius 3 is 2.76 bits per heavy atom. The number of carbonyl (C=O) groups excluding carboxylic acids is 2. The molecule has 25 heavy (non-hydrogen) atoms. The third kappa shape index (κ3) is 6.04. The van der Waals surface area contributed by atoms with Crippen LogP contribution < -0.4 is 10.2 Å². The molecule has 0 unspecified atom stereocenters. The first-order valence-electron chi connectivity index (χ1n) is 7.56. The van der Waals surface area contributed by atoms with E-state index >= 15 is 0 Å². The average Bonchev–Trinajstić information content (AvgIpc) is 2.61. The van der Waals surface area contributed by atoms with Gasteiger partial charge >= 0.3 is 5.97 Å². The van der Waals surface area contributed by atoms with E-state index in [2.05, 4.69) is 26.5 Å². The highest BCUT2D eigenvalue weighted by atomic mass is 79.9. The lowest BCUT2D eigenvalue weighted by atomic mass is 10.2. The van der Waals surface area contributed by atoms with Crippen LogP contribution in [0, 0.1) is 0 Å². The topological polar surface area (TPSA) is 77.0 Å². The first kappa shape index (κ1) is 18.7. The zero-order chi connectivity index (χ0) is 18.1. The first-order chi connectivity index (χ1) is 12.1. The molecule has 0 saturated heterocycles. The van der Waals surface area contributed by atoms with E-state index in [4.69, 9.17) is 9.47 Å². The molecule has 6 nitrogen and oxygen atoms in total. The fourth-order valence-corrected chi connectivity index (χ4v) is 2.37. The molecular formula is C18H17BrN2O4. The summed E-state index contributed by atoms with van der Waals surface area (Å²) in [5, 5.41) is 3.93. The van der Waals surface area contributed by atoms with E-state index in [0.29, 0.717) is 28.0 Å². The van der Waals surface area contributed by atoms with Gasteiger partial charge in [-0.05, 0) is 52.7 Å². The van der Waals surface area contributed by atoms with Crippen molar-refractivity contribution < 1.29 is 19.1 Å². The lowest BCUT2D eigenvalue weighted by Crippen LogP contribution is -2.18. The maximum Gasteiger partial charge on any atom is 0.344 e. The highest BCUT2D eigenvalue weighted by molar-refractivity contribution is 9.10. The van der Waals surface area contributed by atoms with E-state index in [0.717, 1.165) is 0 Å². The summed E-state index contributed by atoms with van der Waals surface area (Å²) in [6.45, 7) is 1.89. The number of benzene rings is 2. The Labute approximate surface area is 154 Å². The highest BCUT2D eigenvalue weighted by Crippen LogP contribution is 2.15. The molecule has 0 aliphatic heterocycles. The fourth-order valence-electron chi connectivity index (χ4n) is 1.90. The molecule has 0 atom stereocenters. The van der Waals surface area contributed by atoms with Gasteiger partial charge in [0.2, 0.25) is 0 Å². The predicted molar refractivity (Wildman–Crippen MR) is 97.8 cm³/mol. The molecule has 0 radical (unpaired) electrons. The molecule has 0 spiro atoms. The number of halogens is 1. The fraction of sp³-hybridized carbons (Fsp3) is 0.167. The van der Waals surface area contributed by atoms with Crippen molar-refractivity contribution >= 4 is 34.0 Å². The monoisotopic (exact) mass is 404 g/mol. The van der Waals surface area contributed by atoms with Gasteiger partial charge in [0, 0.05) is 4.47 Å². The van der Waals surface area contributed by atoms with Crippen molar-refractivity contribution in [1.82, 2.24) is 5.43 Å². The standard InChI is InChI=1S/C18H17BrN2O4/c1-2-24-17(22)12-25-14-7-5-6-13(10-14)11-20-21-18(23)15-8-3-4-9-16(15)19/h3-11H,2,12H2,1H3,(H,21,23)/b20-11+. The predicted octanol–water partition coefficient (Wildman–Crippen LogP) is 3.15. The second-order valence-corrected chi connectivity index (χ2v) is 5.70. The van der Waals surface area contributed by atoms with Gasteiger partial charge in [0.05, 0.1) is 18.4 Å². The number of hydrazone groups is 1. The molecule has 130 valence electrons. The van der Waals surface area contributed by atoms with Crippen LogP contribution in [0.5, 0.6) is 5.75 Å². The molecule has 2 rings (SSSR count). The van der Waals surface area contributed by atoms with E-state index in [-0.39, 0.29) is 12.5 Å². The van der Waals surface area contributed by atoms with Gasteiger partial charge in [-0.2, -0.15) is 5.10 Å². The normalized spacial score (nSPS) is 10.5. The Bertz CT molecular complexity index is 777. The van der Waals surface area contributed by atoms with Crippen LogP contribution in [0.3, 0.4) is 0 Å². The van der Waals surface area contributed by atoms with Crippen molar-refractivity contribution in [2.24, 2.45) is 5.10 Å². The molecular weight excluding hydrogens is 388 g/mol. The van der Waals surface area contributed by atoms with Crippen molar-refractivity contribution in [1.29, 1.82) is 0 Å². The van der Waals surface area contributed by atoms with Gasteiger partial charge in [-0.25, -0.2) is 10.2 Å². The number of hydrogen-bond acceptors (Lipinski definition) is 5. The Morgan fingerprint density at radius 2 is 2.00 bits per heavy atom. The minimum Gasteiger partial charge on any atom is -0.482 e. The minimum atomic E-state index is -0.428. The average molecular weight is 405 g/mol. The van der Waals surface area contributed by atoms with Crippen LogP contribution in [-0.4, -0.2) is 31.3 Å². The molecule has 1 amide bonds. The summed E-state index contributed by atoms with van der Waals surface area (Å²) < 4.78 is 10.8. The summed E-state index contributed by atoms with van der Waals surface area (Å²) in [7, 11) is 0. The van der Waals surface area contributed by atoms with E-state index in [1.807, 2.05) is 6.07 Å². The number of nitrogens with one attached hydrogen (secondary N) is 1. The van der Waals surface area contributed by atoms with Crippen LogP contribution in [0.2, 0.25) is 0 Å². The van der Waals surface area contributed by atoms with Crippen LogP contribution in [0.1, 0.15) is 22.8 Å². The molecule has 7 heteroatoms. The van der Waals surface area contributed by atoms with Crippen LogP contribution in [0.15, 0.2) is 58.1 Å². The van der Waals surface area contributed by atoms with Crippen LogP contribution in [0.25, 0.3) is 0 Å². The summed E-state index contributed by atoms with van der Waals surface area (Å²) in [5.41, 5.74) is 3.67. The van der Waals surface area contributed by atoms with Gasteiger partial charge in [-0.15, -0.1) is 0 Å². The Hall–Kier alpha value is -2.67. The third-order valence-corrected chi connectivity index (χ3v) is 3.71. The molecule has 0 aromatic heterocycles. The molecule has 0 aliphatic rings. The van der Waals surface area contributed by atoms with Crippen LogP contribution in [0.4, 0.5) is 0 Å². The van der Waals surface area contributed by atoms with Gasteiger partial charge in [-0.3, -0.25) is 4.79 Å². The van der Waals surface area contributed by atoms with Crippen molar-refractivity contribution in [3.63, 3.8) is 0 Å². The van der Waals surface area contributed by atoms with Gasteiger partial charge in [0.15, 0.2) is 6.61 Å². The maximum atomic E-state index is 12.0. The highest BCUT2D eigenvalue weighted by Gasteiger charge is 2.07. The van der Waals surface area contributed by atoms with E-state index in [1.54, 1.807) is 49.4 Å². The van der Waals surface area contributed by atoms with Gasteiger partial charge < -0.3 is 9.47 Å². The van der Waals surface area contributed by atoms with Crippen molar-refractivity contribution in [2.75, 3.05) is 13.2 Å². The maximum absolute atomic E-state index is 12.0. The largest absolute Gasteiger partial charge is 0.482 e. The van der Waals surface area contributed by atoms with Crippen molar-refractivity contribution in [3.05, 3.63) is 64.1 Å². The van der Waals surface area contributed by atoms with Crippen LogP contribution >= 0.6 is 15.9 Å². The summed E-state index contributed by atoms with van der Waals surface area (Å²) in [6, 6.07) is 14.0. The summed E-state index contributed by atoms with van der Waals surface area (Å²) in [4.78, 5) is 23.3.